The van der Waals surface area contributed by atoms with Crippen LogP contribution in [0, 0.1) is 6.92 Å². The van der Waals surface area contributed by atoms with Crippen LogP contribution in [0.4, 0.5) is 17.1 Å². The van der Waals surface area contributed by atoms with Crippen molar-refractivity contribution in [2.75, 3.05) is 11.4 Å². The zero-order valence-corrected chi connectivity index (χ0v) is 22.5. The highest BCUT2D eigenvalue weighted by atomic mass is 15.2. The van der Waals surface area contributed by atoms with Crippen LogP contribution in [0.25, 0.3) is 0 Å². The summed E-state index contributed by atoms with van der Waals surface area (Å²) in [5.74, 6) is 0. The third-order valence-corrected chi connectivity index (χ3v) is 7.65. The molecule has 1 fully saturated rings. The van der Waals surface area contributed by atoms with Crippen molar-refractivity contribution < 1.29 is 0 Å². The first-order chi connectivity index (χ1) is 18.0. The average molecular weight is 486 g/mol. The molecule has 1 aliphatic heterocycles. The van der Waals surface area contributed by atoms with Crippen LogP contribution in [0.5, 0.6) is 0 Å². The van der Waals surface area contributed by atoms with Gasteiger partial charge >= 0.3 is 0 Å². The molecule has 0 bridgehead atoms. The van der Waals surface area contributed by atoms with E-state index >= 15 is 0 Å². The smallest absolute Gasteiger partial charge is 0.218 e. The minimum Gasteiger partial charge on any atom is -0.344 e. The summed E-state index contributed by atoms with van der Waals surface area (Å²) in [6, 6.07) is 28.3. The quantitative estimate of drug-likeness (QED) is 0.327. The molecule has 1 saturated carbocycles. The van der Waals surface area contributed by atoms with Crippen molar-refractivity contribution in [3.05, 3.63) is 138 Å². The van der Waals surface area contributed by atoms with Crippen molar-refractivity contribution >= 4 is 22.8 Å². The number of hydrogen-bond donors (Lipinski definition) is 0. The first-order valence-corrected chi connectivity index (χ1v) is 13.3. The minimum absolute atomic E-state index is 0.0501. The average Bonchev–Trinajstić information content (AvgIpc) is 3.39. The molecule has 0 spiro atoms. The van der Waals surface area contributed by atoms with Gasteiger partial charge in [-0.05, 0) is 44.4 Å². The first-order valence-electron chi connectivity index (χ1n) is 13.3. The molecule has 0 saturated heterocycles. The summed E-state index contributed by atoms with van der Waals surface area (Å²) in [5.41, 5.74) is 11.6. The van der Waals surface area contributed by atoms with E-state index in [1.807, 2.05) is 6.08 Å². The van der Waals surface area contributed by atoms with E-state index in [2.05, 4.69) is 141 Å². The monoisotopic (exact) mass is 485 g/mol. The van der Waals surface area contributed by atoms with Gasteiger partial charge in [-0.15, -0.1) is 0 Å². The van der Waals surface area contributed by atoms with Crippen molar-refractivity contribution in [2.24, 2.45) is 0 Å². The zero-order valence-electron chi connectivity index (χ0n) is 22.5. The summed E-state index contributed by atoms with van der Waals surface area (Å²) in [6.45, 7) is 14.1. The van der Waals surface area contributed by atoms with Gasteiger partial charge in [0, 0.05) is 58.8 Å². The van der Waals surface area contributed by atoms with E-state index in [9.17, 15) is 0 Å². The largest absolute Gasteiger partial charge is 0.344 e. The molecular weight excluding hydrogens is 448 g/mol. The normalized spacial score (nSPS) is 19.6. The van der Waals surface area contributed by atoms with Gasteiger partial charge < -0.3 is 4.90 Å². The summed E-state index contributed by atoms with van der Waals surface area (Å²) < 4.78 is 2.40. The van der Waals surface area contributed by atoms with Gasteiger partial charge in [0.2, 0.25) is 17.1 Å². The predicted molar refractivity (Wildman–Crippen MR) is 160 cm³/mol. The number of fused-ring (bicyclic) bond motifs is 1. The number of likely N-dealkylation sites (N-methyl/N-ethyl adjacent to an activating group) is 1. The SMILES string of the molecule is C=C/C=C1\CCC(=CC=C2N(CC)c3ccc(C)cc3C2(C)C)C1=[N+](c1ccccc1)c1ccccc1. The second kappa shape index (κ2) is 10.2. The van der Waals surface area contributed by atoms with E-state index in [0.717, 1.165) is 19.4 Å². The molecule has 0 N–H and O–H groups in total. The van der Waals surface area contributed by atoms with Crippen molar-refractivity contribution in [3.8, 4) is 0 Å². The summed E-state index contributed by atoms with van der Waals surface area (Å²) in [7, 11) is 0. The van der Waals surface area contributed by atoms with Crippen molar-refractivity contribution in [3.63, 3.8) is 0 Å². The Bertz CT molecular complexity index is 1390. The van der Waals surface area contributed by atoms with Gasteiger partial charge in [-0.1, -0.05) is 92.7 Å². The summed E-state index contributed by atoms with van der Waals surface area (Å²) >= 11 is 0. The van der Waals surface area contributed by atoms with E-state index < -0.39 is 0 Å². The number of allylic oxidation sites excluding steroid dienone is 7. The molecule has 2 heteroatoms. The molecule has 2 aliphatic rings. The van der Waals surface area contributed by atoms with E-state index in [1.54, 1.807) is 0 Å². The van der Waals surface area contributed by atoms with E-state index in [-0.39, 0.29) is 5.41 Å². The lowest BCUT2D eigenvalue weighted by Gasteiger charge is -2.26. The lowest BCUT2D eigenvalue weighted by atomic mass is 9.83. The maximum Gasteiger partial charge on any atom is 0.218 e. The molecule has 0 aromatic heterocycles. The summed E-state index contributed by atoms with van der Waals surface area (Å²) in [6.07, 6.45) is 10.9. The van der Waals surface area contributed by atoms with Crippen LogP contribution in [0.3, 0.4) is 0 Å². The van der Waals surface area contributed by atoms with Gasteiger partial charge in [-0.25, -0.2) is 0 Å². The Balaban J connectivity index is 1.71. The van der Waals surface area contributed by atoms with Gasteiger partial charge in [-0.2, -0.15) is 4.58 Å². The molecule has 2 nitrogen and oxygen atoms in total. The summed E-state index contributed by atoms with van der Waals surface area (Å²) in [5, 5.41) is 0. The van der Waals surface area contributed by atoms with Crippen LogP contribution in [0.15, 0.2) is 127 Å². The molecular formula is C35H37N2+. The van der Waals surface area contributed by atoms with Gasteiger partial charge in [0.05, 0.1) is 0 Å². The van der Waals surface area contributed by atoms with E-state index in [1.165, 1.54) is 50.7 Å². The fraction of sp³-hybridized carbons (Fsp3) is 0.229. The van der Waals surface area contributed by atoms with Crippen LogP contribution in [-0.4, -0.2) is 12.3 Å². The second-order valence-electron chi connectivity index (χ2n) is 10.4. The van der Waals surface area contributed by atoms with Crippen LogP contribution < -0.4 is 9.48 Å². The lowest BCUT2D eigenvalue weighted by Crippen LogP contribution is -2.25. The maximum absolute atomic E-state index is 4.02. The molecule has 0 amide bonds. The number of nitrogens with zero attached hydrogens (tertiary/aromatic N) is 2. The number of para-hydroxylation sites is 2. The standard InChI is InChI=1S/C35H37N2/c1-6-14-27-20-21-28(34(27)37(29-15-10-8-11-16-29)30-17-12-9-13-18-30)22-24-33-35(4,5)31-25-26(3)19-23-32(31)36(33)7-2/h6,8-19,22-25H,1,7,20-21H2,2-5H3/q+1/b27-14+. The molecule has 1 aliphatic carbocycles. The molecule has 3 aromatic carbocycles. The second-order valence-corrected chi connectivity index (χ2v) is 10.4. The Labute approximate surface area is 222 Å². The maximum atomic E-state index is 4.02. The van der Waals surface area contributed by atoms with E-state index in [4.69, 9.17) is 0 Å². The summed E-state index contributed by atoms with van der Waals surface area (Å²) in [4.78, 5) is 2.48. The van der Waals surface area contributed by atoms with Crippen LogP contribution in [-0.2, 0) is 5.41 Å². The van der Waals surface area contributed by atoms with Crippen molar-refractivity contribution in [1.82, 2.24) is 4.58 Å². The third kappa shape index (κ3) is 4.53. The Morgan fingerprint density at radius 1 is 0.838 bits per heavy atom. The number of benzene rings is 3. The van der Waals surface area contributed by atoms with Crippen LogP contribution in [0.2, 0.25) is 0 Å². The van der Waals surface area contributed by atoms with Crippen LogP contribution >= 0.6 is 0 Å². The third-order valence-electron chi connectivity index (χ3n) is 7.65. The fourth-order valence-electron chi connectivity index (χ4n) is 5.84. The number of rotatable bonds is 5. The number of hydrogen-bond acceptors (Lipinski definition) is 1. The Hall–Kier alpha value is -3.91. The fourth-order valence-corrected chi connectivity index (χ4v) is 5.84. The highest BCUT2D eigenvalue weighted by molar-refractivity contribution is 6.17. The zero-order chi connectivity index (χ0) is 26.0. The molecule has 5 rings (SSSR count). The molecule has 186 valence electrons. The first kappa shape index (κ1) is 24.8. The molecule has 0 atom stereocenters. The Kier molecular flexibility index (Phi) is 6.84. The highest BCUT2D eigenvalue weighted by Crippen LogP contribution is 2.48. The Morgan fingerprint density at radius 3 is 2.00 bits per heavy atom. The minimum atomic E-state index is -0.0501. The van der Waals surface area contributed by atoms with Crippen molar-refractivity contribution in [1.29, 1.82) is 0 Å². The highest BCUT2D eigenvalue weighted by Gasteiger charge is 2.39. The lowest BCUT2D eigenvalue weighted by molar-refractivity contribution is 0.633. The molecule has 37 heavy (non-hydrogen) atoms. The Morgan fingerprint density at radius 2 is 1.43 bits per heavy atom. The van der Waals surface area contributed by atoms with Gasteiger partial charge in [-0.3, -0.25) is 0 Å². The van der Waals surface area contributed by atoms with Gasteiger partial charge in [0.1, 0.15) is 0 Å². The van der Waals surface area contributed by atoms with Gasteiger partial charge in [0.15, 0.2) is 0 Å². The number of aryl methyl sites for hydroxylation is 1. The predicted octanol–water partition coefficient (Wildman–Crippen LogP) is 8.80. The van der Waals surface area contributed by atoms with Crippen LogP contribution in [0.1, 0.15) is 44.7 Å². The molecule has 0 unspecified atom stereocenters. The number of anilines is 1. The molecule has 1 heterocycles. The topological polar surface area (TPSA) is 6.25 Å². The van der Waals surface area contributed by atoms with Gasteiger partial charge in [0.25, 0.3) is 0 Å². The van der Waals surface area contributed by atoms with Crippen molar-refractivity contribution in [2.45, 2.75) is 46.0 Å². The molecule has 3 aromatic rings. The van der Waals surface area contributed by atoms with E-state index in [0.29, 0.717) is 0 Å². The molecule has 0 radical (unpaired) electrons.